The number of aliphatic carboxylic acids is 1. The average Bonchev–Trinajstić information content (AvgIpc) is 3.00. The third-order valence-corrected chi connectivity index (χ3v) is 5.26. The molecule has 6 nitrogen and oxygen atoms in total. The standard InChI is InChI=1S/C22H25NO5/c1-14(12-27-3)20(21(24)25)23(2)22(26)28-13-19-17-10-6-4-8-15(17)16-9-5-7-11-18(16)19/h4-11,14,19-20H,12-13H2,1-3H3,(H,24,25). The Labute approximate surface area is 164 Å². The molecule has 0 bridgehead atoms. The predicted molar refractivity (Wildman–Crippen MR) is 105 cm³/mol. The molecule has 0 fully saturated rings. The lowest BCUT2D eigenvalue weighted by molar-refractivity contribution is -0.144. The highest BCUT2D eigenvalue weighted by Gasteiger charge is 2.34. The van der Waals surface area contributed by atoms with Crippen LogP contribution in [0, 0.1) is 5.92 Å². The van der Waals surface area contributed by atoms with Crippen molar-refractivity contribution < 1.29 is 24.2 Å². The van der Waals surface area contributed by atoms with E-state index in [-0.39, 0.29) is 25.0 Å². The van der Waals surface area contributed by atoms with Gasteiger partial charge < -0.3 is 14.6 Å². The predicted octanol–water partition coefficient (Wildman–Crippen LogP) is 3.60. The molecule has 3 rings (SSSR count). The number of hydrogen-bond donors (Lipinski definition) is 1. The number of methoxy groups -OCH3 is 1. The van der Waals surface area contributed by atoms with E-state index in [4.69, 9.17) is 9.47 Å². The van der Waals surface area contributed by atoms with Crippen molar-refractivity contribution in [2.75, 3.05) is 27.4 Å². The summed E-state index contributed by atoms with van der Waals surface area (Å²) in [6.45, 7) is 2.12. The molecule has 2 atom stereocenters. The quantitative estimate of drug-likeness (QED) is 0.791. The van der Waals surface area contributed by atoms with Gasteiger partial charge in [0.05, 0.1) is 6.61 Å². The maximum Gasteiger partial charge on any atom is 0.410 e. The van der Waals surface area contributed by atoms with Gasteiger partial charge in [-0.3, -0.25) is 4.90 Å². The highest BCUT2D eigenvalue weighted by molar-refractivity contribution is 5.81. The molecule has 2 unspecified atom stereocenters. The van der Waals surface area contributed by atoms with Crippen LogP contribution in [0.5, 0.6) is 0 Å². The second-order valence-corrected chi connectivity index (χ2v) is 7.13. The molecule has 148 valence electrons. The molecule has 0 saturated heterocycles. The fraction of sp³-hybridized carbons (Fsp3) is 0.364. The number of likely N-dealkylation sites (N-methyl/N-ethyl adjacent to an activating group) is 1. The van der Waals surface area contributed by atoms with Crippen LogP contribution in [0.4, 0.5) is 4.79 Å². The van der Waals surface area contributed by atoms with Crippen LogP contribution >= 0.6 is 0 Å². The Balaban J connectivity index is 1.75. The Bertz CT molecular complexity index is 820. The molecule has 0 heterocycles. The fourth-order valence-electron chi connectivity index (χ4n) is 3.95. The molecule has 1 amide bonds. The second-order valence-electron chi connectivity index (χ2n) is 7.13. The summed E-state index contributed by atoms with van der Waals surface area (Å²) >= 11 is 0. The minimum absolute atomic E-state index is 0.0653. The van der Waals surface area contributed by atoms with Crippen LogP contribution in [0.25, 0.3) is 11.1 Å². The number of ether oxygens (including phenoxy) is 2. The van der Waals surface area contributed by atoms with E-state index in [1.54, 1.807) is 6.92 Å². The van der Waals surface area contributed by atoms with Crippen LogP contribution in [-0.4, -0.2) is 55.5 Å². The van der Waals surface area contributed by atoms with E-state index < -0.39 is 18.1 Å². The first-order valence-electron chi connectivity index (χ1n) is 9.25. The van der Waals surface area contributed by atoms with Crippen molar-refractivity contribution in [3.8, 4) is 11.1 Å². The van der Waals surface area contributed by atoms with E-state index in [0.29, 0.717) is 0 Å². The van der Waals surface area contributed by atoms with Crippen LogP contribution in [-0.2, 0) is 14.3 Å². The highest BCUT2D eigenvalue weighted by atomic mass is 16.6. The van der Waals surface area contributed by atoms with Gasteiger partial charge in [0, 0.05) is 26.0 Å². The number of rotatable bonds is 7. The van der Waals surface area contributed by atoms with Crippen LogP contribution in [0.1, 0.15) is 24.0 Å². The molecule has 6 heteroatoms. The topological polar surface area (TPSA) is 76.1 Å². The molecule has 28 heavy (non-hydrogen) atoms. The minimum Gasteiger partial charge on any atom is -0.480 e. The second kappa shape index (κ2) is 8.44. The molecule has 0 saturated carbocycles. The van der Waals surface area contributed by atoms with E-state index in [1.165, 1.54) is 14.2 Å². The molecule has 0 aliphatic heterocycles. The van der Waals surface area contributed by atoms with Gasteiger partial charge in [-0.15, -0.1) is 0 Å². The molecule has 1 aliphatic carbocycles. The van der Waals surface area contributed by atoms with Crippen molar-refractivity contribution in [1.29, 1.82) is 0 Å². The maximum absolute atomic E-state index is 12.6. The number of amides is 1. The number of carbonyl (C=O) groups is 2. The fourth-order valence-corrected chi connectivity index (χ4v) is 3.95. The molecule has 0 aromatic heterocycles. The molecule has 0 spiro atoms. The van der Waals surface area contributed by atoms with Gasteiger partial charge in [-0.05, 0) is 22.3 Å². The summed E-state index contributed by atoms with van der Waals surface area (Å²) in [6.07, 6.45) is -0.655. The van der Waals surface area contributed by atoms with Crippen LogP contribution in [0.2, 0.25) is 0 Å². The van der Waals surface area contributed by atoms with E-state index >= 15 is 0 Å². The Morgan fingerprint density at radius 1 is 1.07 bits per heavy atom. The molecule has 1 aliphatic rings. The zero-order valence-corrected chi connectivity index (χ0v) is 16.3. The van der Waals surface area contributed by atoms with Crippen molar-refractivity contribution in [2.24, 2.45) is 5.92 Å². The summed E-state index contributed by atoms with van der Waals surface area (Å²) in [7, 11) is 2.95. The lowest BCUT2D eigenvalue weighted by Crippen LogP contribution is -2.47. The smallest absolute Gasteiger partial charge is 0.410 e. The monoisotopic (exact) mass is 383 g/mol. The van der Waals surface area contributed by atoms with Gasteiger partial charge in [-0.1, -0.05) is 55.5 Å². The third kappa shape index (κ3) is 3.73. The first-order chi connectivity index (χ1) is 13.5. The van der Waals surface area contributed by atoms with Crippen molar-refractivity contribution in [2.45, 2.75) is 18.9 Å². The Morgan fingerprint density at radius 3 is 2.11 bits per heavy atom. The van der Waals surface area contributed by atoms with Crippen LogP contribution in [0.15, 0.2) is 48.5 Å². The third-order valence-electron chi connectivity index (χ3n) is 5.26. The van der Waals surface area contributed by atoms with Crippen molar-refractivity contribution >= 4 is 12.1 Å². The first kappa shape index (κ1) is 19.9. The first-order valence-corrected chi connectivity index (χ1v) is 9.25. The summed E-state index contributed by atoms with van der Waals surface area (Å²) in [5, 5.41) is 9.52. The Hall–Kier alpha value is -2.86. The molecular weight excluding hydrogens is 358 g/mol. The van der Waals surface area contributed by atoms with E-state index in [9.17, 15) is 14.7 Å². The number of nitrogens with zero attached hydrogens (tertiary/aromatic N) is 1. The number of hydrogen-bond acceptors (Lipinski definition) is 4. The van der Waals surface area contributed by atoms with Gasteiger partial charge >= 0.3 is 12.1 Å². The summed E-state index contributed by atoms with van der Waals surface area (Å²) in [5.74, 6) is -1.52. The summed E-state index contributed by atoms with van der Waals surface area (Å²) in [6, 6.07) is 15.1. The van der Waals surface area contributed by atoms with Gasteiger partial charge in [0.25, 0.3) is 0 Å². The van der Waals surface area contributed by atoms with Crippen LogP contribution < -0.4 is 0 Å². The van der Waals surface area contributed by atoms with Gasteiger partial charge in [0.15, 0.2) is 0 Å². The normalized spacial score (nSPS) is 14.7. The minimum atomic E-state index is -1.08. The summed E-state index contributed by atoms with van der Waals surface area (Å²) < 4.78 is 10.6. The van der Waals surface area contributed by atoms with Gasteiger partial charge in [0.1, 0.15) is 12.6 Å². The summed E-state index contributed by atoms with van der Waals surface area (Å²) in [5.41, 5.74) is 4.51. The lowest BCUT2D eigenvalue weighted by atomic mass is 9.98. The number of fused-ring (bicyclic) bond motifs is 3. The number of carboxylic acid groups (broad SMARTS) is 1. The highest BCUT2D eigenvalue weighted by Crippen LogP contribution is 2.44. The van der Waals surface area contributed by atoms with E-state index in [1.807, 2.05) is 36.4 Å². The average molecular weight is 383 g/mol. The van der Waals surface area contributed by atoms with Gasteiger partial charge in [-0.25, -0.2) is 9.59 Å². The van der Waals surface area contributed by atoms with E-state index in [0.717, 1.165) is 27.2 Å². The molecule has 1 N–H and O–H groups in total. The molecule has 0 radical (unpaired) electrons. The number of carboxylic acids is 1. The van der Waals surface area contributed by atoms with Crippen molar-refractivity contribution in [3.05, 3.63) is 59.7 Å². The van der Waals surface area contributed by atoms with Gasteiger partial charge in [-0.2, -0.15) is 0 Å². The van der Waals surface area contributed by atoms with Crippen LogP contribution in [0.3, 0.4) is 0 Å². The van der Waals surface area contributed by atoms with Crippen molar-refractivity contribution in [3.63, 3.8) is 0 Å². The SMILES string of the molecule is COCC(C)C(C(=O)O)N(C)C(=O)OCC1c2ccccc2-c2ccccc21. The maximum atomic E-state index is 12.6. The molecule has 2 aromatic rings. The molecular formula is C22H25NO5. The zero-order chi connectivity index (χ0) is 20.3. The Morgan fingerprint density at radius 2 is 1.61 bits per heavy atom. The number of carbonyl (C=O) groups excluding carboxylic acids is 1. The largest absolute Gasteiger partial charge is 0.480 e. The summed E-state index contributed by atoms with van der Waals surface area (Å²) in [4.78, 5) is 25.4. The van der Waals surface area contributed by atoms with Crippen molar-refractivity contribution in [1.82, 2.24) is 4.90 Å². The van der Waals surface area contributed by atoms with Gasteiger partial charge in [0.2, 0.25) is 0 Å². The zero-order valence-electron chi connectivity index (χ0n) is 16.3. The lowest BCUT2D eigenvalue weighted by Gasteiger charge is -2.29. The number of benzene rings is 2. The molecule has 2 aromatic carbocycles. The van der Waals surface area contributed by atoms with E-state index in [2.05, 4.69) is 12.1 Å². The Kier molecular flexibility index (Phi) is 5.99.